The number of carbonyl (C=O) groups excluding carboxylic acids is 1. The molecule has 0 atom stereocenters. The molecule has 0 amide bonds. The minimum absolute atomic E-state index is 0.615. The molecule has 17 heavy (non-hydrogen) atoms. The Morgan fingerprint density at radius 2 is 1.94 bits per heavy atom. The van der Waals surface area contributed by atoms with Crippen molar-refractivity contribution in [1.82, 2.24) is 0 Å². The third-order valence-electron chi connectivity index (χ3n) is 2.29. The predicted octanol–water partition coefficient (Wildman–Crippen LogP) is 4.01. The lowest BCUT2D eigenvalue weighted by molar-refractivity contribution is 0.112. The fourth-order valence-electron chi connectivity index (χ4n) is 1.48. The van der Waals surface area contributed by atoms with Crippen molar-refractivity contribution in [2.75, 3.05) is 6.26 Å². The summed E-state index contributed by atoms with van der Waals surface area (Å²) in [6, 6.07) is 14.9. The van der Waals surface area contributed by atoms with E-state index in [9.17, 15) is 4.79 Å². The van der Waals surface area contributed by atoms with Crippen molar-refractivity contribution < 1.29 is 9.53 Å². The van der Waals surface area contributed by atoms with Gasteiger partial charge in [-0.2, -0.15) is 0 Å². The fourth-order valence-corrected chi connectivity index (χ4v) is 2.01. The van der Waals surface area contributed by atoms with Crippen molar-refractivity contribution >= 4 is 18.0 Å². The van der Waals surface area contributed by atoms with Crippen LogP contribution in [0, 0.1) is 0 Å². The van der Waals surface area contributed by atoms with Gasteiger partial charge in [0.2, 0.25) is 0 Å². The Labute approximate surface area is 105 Å². The monoisotopic (exact) mass is 244 g/mol. The number of carbonyl (C=O) groups is 1. The van der Waals surface area contributed by atoms with Gasteiger partial charge in [0.05, 0.1) is 0 Å². The molecular weight excluding hydrogens is 232 g/mol. The second-order valence-corrected chi connectivity index (χ2v) is 4.29. The van der Waals surface area contributed by atoms with Crippen molar-refractivity contribution in [3.8, 4) is 11.5 Å². The van der Waals surface area contributed by atoms with E-state index in [1.54, 1.807) is 30.0 Å². The zero-order chi connectivity index (χ0) is 12.1. The molecule has 0 aliphatic rings. The molecule has 0 radical (unpaired) electrons. The number of benzene rings is 2. The van der Waals surface area contributed by atoms with Gasteiger partial charge >= 0.3 is 0 Å². The minimum atomic E-state index is 0.615. The summed E-state index contributed by atoms with van der Waals surface area (Å²) >= 11 is 1.63. The summed E-state index contributed by atoms with van der Waals surface area (Å²) in [6.45, 7) is 0. The molecule has 2 rings (SSSR count). The Kier molecular flexibility index (Phi) is 3.83. The second kappa shape index (κ2) is 5.55. The summed E-state index contributed by atoms with van der Waals surface area (Å²) in [5, 5.41) is 0. The van der Waals surface area contributed by atoms with Crippen molar-refractivity contribution in [1.29, 1.82) is 0 Å². The van der Waals surface area contributed by atoms with E-state index in [0.717, 1.165) is 16.9 Å². The molecule has 0 aliphatic heterocycles. The molecule has 0 aliphatic carbocycles. The van der Waals surface area contributed by atoms with Gasteiger partial charge in [0.25, 0.3) is 0 Å². The van der Waals surface area contributed by atoms with Crippen LogP contribution in [-0.4, -0.2) is 12.5 Å². The second-order valence-electron chi connectivity index (χ2n) is 3.44. The van der Waals surface area contributed by atoms with Crippen LogP contribution in [0.25, 0.3) is 0 Å². The van der Waals surface area contributed by atoms with Gasteiger partial charge in [-0.25, -0.2) is 0 Å². The number of hydrogen-bond acceptors (Lipinski definition) is 3. The molecule has 0 saturated carbocycles. The molecule has 0 spiro atoms. The molecular formula is C14H12O2S. The van der Waals surface area contributed by atoms with E-state index < -0.39 is 0 Å². The Morgan fingerprint density at radius 3 is 2.71 bits per heavy atom. The Hall–Kier alpha value is -1.74. The standard InChI is InChI=1S/C14H12O2S/c1-17-14-8-3-2-7-13(14)16-12-6-4-5-11(9-12)10-15/h2-10H,1H3. The molecule has 0 saturated heterocycles. The molecule has 2 aromatic carbocycles. The topological polar surface area (TPSA) is 26.3 Å². The van der Waals surface area contributed by atoms with Crippen molar-refractivity contribution in [3.05, 3.63) is 54.1 Å². The molecule has 0 fully saturated rings. The van der Waals surface area contributed by atoms with Gasteiger partial charge in [-0.05, 0) is 30.5 Å². The zero-order valence-corrected chi connectivity index (χ0v) is 10.2. The minimum Gasteiger partial charge on any atom is -0.456 e. The first-order valence-electron chi connectivity index (χ1n) is 5.19. The average molecular weight is 244 g/mol. The molecule has 86 valence electrons. The van der Waals surface area contributed by atoms with Crippen LogP contribution in [0.2, 0.25) is 0 Å². The van der Waals surface area contributed by atoms with Gasteiger partial charge < -0.3 is 4.74 Å². The quantitative estimate of drug-likeness (QED) is 0.600. The van der Waals surface area contributed by atoms with E-state index in [4.69, 9.17) is 4.74 Å². The highest BCUT2D eigenvalue weighted by atomic mass is 32.2. The maximum atomic E-state index is 10.7. The first kappa shape index (κ1) is 11.7. The highest BCUT2D eigenvalue weighted by Crippen LogP contribution is 2.31. The van der Waals surface area contributed by atoms with Crippen LogP contribution >= 0.6 is 11.8 Å². The molecule has 0 aromatic heterocycles. The Balaban J connectivity index is 2.27. The van der Waals surface area contributed by atoms with Crippen LogP contribution in [0.3, 0.4) is 0 Å². The van der Waals surface area contributed by atoms with Gasteiger partial charge in [0.15, 0.2) is 0 Å². The van der Waals surface area contributed by atoms with Crippen LogP contribution < -0.4 is 4.74 Å². The first-order valence-corrected chi connectivity index (χ1v) is 6.42. The van der Waals surface area contributed by atoms with Crippen LogP contribution in [0.15, 0.2) is 53.4 Å². The fraction of sp³-hybridized carbons (Fsp3) is 0.0714. The maximum absolute atomic E-state index is 10.7. The largest absolute Gasteiger partial charge is 0.456 e. The average Bonchev–Trinajstić information content (AvgIpc) is 2.39. The maximum Gasteiger partial charge on any atom is 0.150 e. The van der Waals surface area contributed by atoms with E-state index in [1.165, 1.54) is 0 Å². The lowest BCUT2D eigenvalue weighted by atomic mass is 10.2. The third kappa shape index (κ3) is 2.88. The van der Waals surface area contributed by atoms with Crippen molar-refractivity contribution in [2.24, 2.45) is 0 Å². The van der Waals surface area contributed by atoms with E-state index in [1.807, 2.05) is 36.6 Å². The highest BCUT2D eigenvalue weighted by Gasteiger charge is 2.03. The summed E-state index contributed by atoms with van der Waals surface area (Å²) in [4.78, 5) is 11.7. The SMILES string of the molecule is CSc1ccccc1Oc1cccc(C=O)c1. The summed E-state index contributed by atoms with van der Waals surface area (Å²) in [7, 11) is 0. The van der Waals surface area contributed by atoms with E-state index in [2.05, 4.69) is 0 Å². The van der Waals surface area contributed by atoms with Crippen LogP contribution in [0.4, 0.5) is 0 Å². The molecule has 2 aromatic rings. The van der Waals surface area contributed by atoms with Crippen LogP contribution in [0.1, 0.15) is 10.4 Å². The smallest absolute Gasteiger partial charge is 0.150 e. The van der Waals surface area contributed by atoms with Gasteiger partial charge in [0, 0.05) is 10.5 Å². The molecule has 2 nitrogen and oxygen atoms in total. The first-order chi connectivity index (χ1) is 8.33. The Bertz CT molecular complexity index is 523. The highest BCUT2D eigenvalue weighted by molar-refractivity contribution is 7.98. The predicted molar refractivity (Wildman–Crippen MR) is 70.1 cm³/mol. The number of hydrogen-bond donors (Lipinski definition) is 0. The van der Waals surface area contributed by atoms with Crippen molar-refractivity contribution in [2.45, 2.75) is 4.90 Å². The van der Waals surface area contributed by atoms with Crippen LogP contribution in [0.5, 0.6) is 11.5 Å². The summed E-state index contributed by atoms with van der Waals surface area (Å²) < 4.78 is 5.76. The number of rotatable bonds is 4. The zero-order valence-electron chi connectivity index (χ0n) is 9.42. The molecule has 0 heterocycles. The van der Waals surface area contributed by atoms with Crippen LogP contribution in [-0.2, 0) is 0 Å². The molecule has 3 heteroatoms. The Morgan fingerprint density at radius 1 is 1.12 bits per heavy atom. The third-order valence-corrected chi connectivity index (χ3v) is 3.07. The lowest BCUT2D eigenvalue weighted by Crippen LogP contribution is -1.87. The number of thioether (sulfide) groups is 1. The number of para-hydroxylation sites is 1. The van der Waals surface area contributed by atoms with Gasteiger partial charge in [0.1, 0.15) is 17.8 Å². The van der Waals surface area contributed by atoms with E-state index >= 15 is 0 Å². The molecule has 0 N–H and O–H groups in total. The van der Waals surface area contributed by atoms with Gasteiger partial charge in [-0.15, -0.1) is 11.8 Å². The summed E-state index contributed by atoms with van der Waals surface area (Å²) in [6.07, 6.45) is 2.82. The van der Waals surface area contributed by atoms with E-state index in [-0.39, 0.29) is 0 Å². The normalized spacial score (nSPS) is 9.94. The lowest BCUT2D eigenvalue weighted by Gasteiger charge is -2.09. The van der Waals surface area contributed by atoms with Gasteiger partial charge in [-0.1, -0.05) is 24.3 Å². The number of ether oxygens (including phenoxy) is 1. The summed E-state index contributed by atoms with van der Waals surface area (Å²) in [5.41, 5.74) is 0.615. The van der Waals surface area contributed by atoms with Crippen molar-refractivity contribution in [3.63, 3.8) is 0 Å². The number of aldehydes is 1. The molecule has 0 bridgehead atoms. The van der Waals surface area contributed by atoms with Gasteiger partial charge in [-0.3, -0.25) is 4.79 Å². The molecule has 0 unspecified atom stereocenters. The van der Waals surface area contributed by atoms with E-state index in [0.29, 0.717) is 11.3 Å². The summed E-state index contributed by atoms with van der Waals surface area (Å²) in [5.74, 6) is 1.49.